The average molecular weight is 238 g/mol. The van der Waals surface area contributed by atoms with E-state index >= 15 is 0 Å². The van der Waals surface area contributed by atoms with E-state index in [4.69, 9.17) is 5.73 Å². The molecule has 0 aliphatic rings. The quantitative estimate of drug-likeness (QED) is 0.828. The molecule has 0 unspecified atom stereocenters. The van der Waals surface area contributed by atoms with Crippen LogP contribution in [0.3, 0.4) is 0 Å². The van der Waals surface area contributed by atoms with Gasteiger partial charge in [0.05, 0.1) is 11.4 Å². The molecule has 0 aliphatic carbocycles. The fourth-order valence-electron chi connectivity index (χ4n) is 2.19. The lowest BCUT2D eigenvalue weighted by molar-refractivity contribution is 0.599. The predicted molar refractivity (Wildman–Crippen MR) is 74.3 cm³/mol. The zero-order valence-corrected chi connectivity index (χ0v) is 11.8. The van der Waals surface area contributed by atoms with Gasteiger partial charge in [-0.05, 0) is 19.3 Å². The van der Waals surface area contributed by atoms with Crippen LogP contribution in [0.15, 0.2) is 0 Å². The molecule has 17 heavy (non-hydrogen) atoms. The smallest absolute Gasteiger partial charge is 0.150 e. The monoisotopic (exact) mass is 238 g/mol. The molecule has 0 saturated heterocycles. The highest BCUT2D eigenvalue weighted by Crippen LogP contribution is 2.27. The molecule has 0 amide bonds. The largest absolute Gasteiger partial charge is 0.394 e. The average Bonchev–Trinajstić information content (AvgIpc) is 2.52. The zero-order valence-electron chi connectivity index (χ0n) is 11.8. The summed E-state index contributed by atoms with van der Waals surface area (Å²) in [6.45, 7) is 10.7. The summed E-state index contributed by atoms with van der Waals surface area (Å²) in [7, 11) is 1.98. The second-order valence-electron chi connectivity index (χ2n) is 4.99. The van der Waals surface area contributed by atoms with Gasteiger partial charge in [-0.25, -0.2) is 0 Å². The number of anilines is 2. The van der Waals surface area contributed by atoms with Crippen molar-refractivity contribution in [3.8, 4) is 0 Å². The van der Waals surface area contributed by atoms with Crippen LogP contribution in [-0.2, 0) is 13.5 Å². The molecule has 0 aromatic carbocycles. The first-order valence-electron chi connectivity index (χ1n) is 6.57. The number of aromatic nitrogens is 2. The van der Waals surface area contributed by atoms with E-state index in [1.54, 1.807) is 0 Å². The Bertz CT molecular complexity index is 355. The summed E-state index contributed by atoms with van der Waals surface area (Å²) < 4.78 is 1.92. The Morgan fingerprint density at radius 2 is 2.00 bits per heavy atom. The molecule has 0 bridgehead atoms. The van der Waals surface area contributed by atoms with Gasteiger partial charge < -0.3 is 10.6 Å². The first-order chi connectivity index (χ1) is 8.01. The van der Waals surface area contributed by atoms with Crippen molar-refractivity contribution >= 4 is 11.5 Å². The van der Waals surface area contributed by atoms with Gasteiger partial charge in [-0.3, -0.25) is 4.68 Å². The molecule has 1 aromatic heterocycles. The lowest BCUT2D eigenvalue weighted by Crippen LogP contribution is -2.29. The maximum absolute atomic E-state index is 6.22. The fraction of sp³-hybridized carbons (Fsp3) is 0.769. The van der Waals surface area contributed by atoms with Crippen molar-refractivity contribution in [2.75, 3.05) is 23.7 Å². The van der Waals surface area contributed by atoms with E-state index in [0.717, 1.165) is 43.1 Å². The third-order valence-corrected chi connectivity index (χ3v) is 2.88. The van der Waals surface area contributed by atoms with Gasteiger partial charge in [0.15, 0.2) is 0 Å². The van der Waals surface area contributed by atoms with Crippen LogP contribution in [0.25, 0.3) is 0 Å². The van der Waals surface area contributed by atoms with Gasteiger partial charge in [0.25, 0.3) is 0 Å². The summed E-state index contributed by atoms with van der Waals surface area (Å²) in [5.41, 5.74) is 8.11. The van der Waals surface area contributed by atoms with Crippen molar-refractivity contribution in [1.29, 1.82) is 0 Å². The molecule has 98 valence electrons. The second-order valence-corrected chi connectivity index (χ2v) is 4.99. The predicted octanol–water partition coefficient (Wildman–Crippen LogP) is 2.44. The van der Waals surface area contributed by atoms with Crippen LogP contribution in [0.1, 0.15) is 39.8 Å². The molecule has 0 radical (unpaired) electrons. The Balaban J connectivity index is 3.02. The number of nitrogens with zero attached hydrogens (tertiary/aromatic N) is 3. The molecule has 1 aromatic rings. The minimum absolute atomic E-state index is 0.624. The van der Waals surface area contributed by atoms with E-state index in [1.165, 1.54) is 0 Å². The molecule has 0 spiro atoms. The Kier molecular flexibility index (Phi) is 4.85. The molecular formula is C13H26N4. The molecule has 1 heterocycles. The molecule has 4 nitrogen and oxygen atoms in total. The summed E-state index contributed by atoms with van der Waals surface area (Å²) in [4.78, 5) is 2.31. The van der Waals surface area contributed by atoms with Gasteiger partial charge >= 0.3 is 0 Å². The summed E-state index contributed by atoms with van der Waals surface area (Å²) in [6, 6.07) is 0. The Labute approximate surface area is 105 Å². The lowest BCUT2D eigenvalue weighted by Gasteiger charge is -2.25. The molecule has 0 aliphatic heterocycles. The minimum Gasteiger partial charge on any atom is -0.394 e. The number of rotatable bonds is 6. The third-order valence-electron chi connectivity index (χ3n) is 2.88. The van der Waals surface area contributed by atoms with Crippen molar-refractivity contribution < 1.29 is 0 Å². The topological polar surface area (TPSA) is 47.1 Å². The summed E-state index contributed by atoms with van der Waals surface area (Å²) in [6.07, 6.45) is 2.04. The zero-order chi connectivity index (χ0) is 13.0. The van der Waals surface area contributed by atoms with E-state index in [1.807, 2.05) is 11.7 Å². The minimum atomic E-state index is 0.624. The Morgan fingerprint density at radius 3 is 2.47 bits per heavy atom. The van der Waals surface area contributed by atoms with Gasteiger partial charge in [0.1, 0.15) is 5.82 Å². The molecule has 0 atom stereocenters. The van der Waals surface area contributed by atoms with E-state index in [-0.39, 0.29) is 0 Å². The maximum atomic E-state index is 6.22. The molecule has 0 fully saturated rings. The first kappa shape index (κ1) is 13.9. The SMILES string of the molecule is CCCc1nn(C)c(N(CC)CC(C)C)c1N. The number of nitrogens with two attached hydrogens (primary N) is 1. The molecule has 2 N–H and O–H groups in total. The lowest BCUT2D eigenvalue weighted by atomic mass is 10.2. The van der Waals surface area contributed by atoms with Crippen LogP contribution >= 0.6 is 0 Å². The second kappa shape index (κ2) is 5.94. The molecule has 4 heteroatoms. The summed E-state index contributed by atoms with van der Waals surface area (Å²) in [5.74, 6) is 1.70. The highest BCUT2D eigenvalue weighted by molar-refractivity contribution is 5.66. The standard InChI is InChI=1S/C13H26N4/c1-6-8-11-12(14)13(16(5)15-11)17(7-2)9-10(3)4/h10H,6-9,14H2,1-5H3. The van der Waals surface area contributed by atoms with Gasteiger partial charge in [0, 0.05) is 20.1 Å². The van der Waals surface area contributed by atoms with Gasteiger partial charge in [-0.2, -0.15) is 5.10 Å². The van der Waals surface area contributed by atoms with Gasteiger partial charge in [0.2, 0.25) is 0 Å². The summed E-state index contributed by atoms with van der Waals surface area (Å²) in [5, 5.41) is 4.53. The molecular weight excluding hydrogens is 212 g/mol. The van der Waals surface area contributed by atoms with Crippen LogP contribution in [0.5, 0.6) is 0 Å². The number of aryl methyl sites for hydroxylation is 2. The molecule has 1 rings (SSSR count). The van der Waals surface area contributed by atoms with Crippen molar-refractivity contribution in [3.05, 3.63) is 5.69 Å². The molecule has 0 saturated carbocycles. The van der Waals surface area contributed by atoms with Crippen LogP contribution in [0.4, 0.5) is 11.5 Å². The van der Waals surface area contributed by atoms with Crippen molar-refractivity contribution in [2.45, 2.75) is 40.5 Å². The highest BCUT2D eigenvalue weighted by atomic mass is 15.4. The normalized spacial score (nSPS) is 11.2. The number of nitrogen functional groups attached to an aromatic ring is 1. The Morgan fingerprint density at radius 1 is 1.35 bits per heavy atom. The number of hydrogen-bond acceptors (Lipinski definition) is 3. The maximum Gasteiger partial charge on any atom is 0.150 e. The van der Waals surface area contributed by atoms with Crippen LogP contribution in [-0.4, -0.2) is 22.9 Å². The van der Waals surface area contributed by atoms with Crippen LogP contribution in [0.2, 0.25) is 0 Å². The van der Waals surface area contributed by atoms with Gasteiger partial charge in [-0.15, -0.1) is 0 Å². The van der Waals surface area contributed by atoms with E-state index < -0.39 is 0 Å². The van der Waals surface area contributed by atoms with E-state index in [0.29, 0.717) is 5.92 Å². The Hall–Kier alpha value is -1.19. The van der Waals surface area contributed by atoms with Crippen molar-refractivity contribution in [3.63, 3.8) is 0 Å². The highest BCUT2D eigenvalue weighted by Gasteiger charge is 2.18. The van der Waals surface area contributed by atoms with Gasteiger partial charge in [-0.1, -0.05) is 27.2 Å². The fourth-order valence-corrected chi connectivity index (χ4v) is 2.19. The van der Waals surface area contributed by atoms with Crippen molar-refractivity contribution in [2.24, 2.45) is 13.0 Å². The van der Waals surface area contributed by atoms with Crippen LogP contribution < -0.4 is 10.6 Å². The van der Waals surface area contributed by atoms with E-state index in [2.05, 4.69) is 37.7 Å². The van der Waals surface area contributed by atoms with Crippen LogP contribution in [0, 0.1) is 5.92 Å². The van der Waals surface area contributed by atoms with Crippen molar-refractivity contribution in [1.82, 2.24) is 9.78 Å². The third kappa shape index (κ3) is 3.14. The summed E-state index contributed by atoms with van der Waals surface area (Å²) >= 11 is 0. The number of hydrogen-bond donors (Lipinski definition) is 1. The van der Waals surface area contributed by atoms with E-state index in [9.17, 15) is 0 Å². The first-order valence-corrected chi connectivity index (χ1v) is 6.57.